The van der Waals surface area contributed by atoms with Gasteiger partial charge in [0.05, 0.1) is 0 Å². The Morgan fingerprint density at radius 2 is 1.83 bits per heavy atom. The molecule has 0 atom stereocenters. The molecule has 4 heteroatoms. The first kappa shape index (κ1) is 17.8. The smallest absolute Gasteiger partial charge is 0.124 e. The van der Waals surface area contributed by atoms with Crippen LogP contribution in [0.1, 0.15) is 30.9 Å². The molecule has 2 nitrogen and oxygen atoms in total. The van der Waals surface area contributed by atoms with E-state index in [4.69, 9.17) is 16.3 Å². The number of piperidine rings is 1. The van der Waals surface area contributed by atoms with Gasteiger partial charge in [-0.05, 0) is 67.7 Å². The summed E-state index contributed by atoms with van der Waals surface area (Å²) in [7, 11) is 0. The zero-order chi connectivity index (χ0) is 16.9. The summed E-state index contributed by atoms with van der Waals surface area (Å²) in [6.45, 7) is 6.19. The van der Waals surface area contributed by atoms with Gasteiger partial charge in [0.1, 0.15) is 12.4 Å². The summed E-state index contributed by atoms with van der Waals surface area (Å²) >= 11 is 9.52. The SMILES string of the molecule is CC1CCN(Cc2cc(Br)ccc2OCc2ccc(Cl)cc2)CC1. The van der Waals surface area contributed by atoms with Crippen LogP contribution in [0.5, 0.6) is 5.75 Å². The summed E-state index contributed by atoms with van der Waals surface area (Å²) in [5, 5.41) is 0.752. The van der Waals surface area contributed by atoms with Crippen molar-refractivity contribution in [1.82, 2.24) is 4.90 Å². The molecule has 2 aromatic rings. The van der Waals surface area contributed by atoms with Crippen LogP contribution in [0.3, 0.4) is 0 Å². The van der Waals surface area contributed by atoms with Gasteiger partial charge in [-0.1, -0.05) is 46.6 Å². The maximum Gasteiger partial charge on any atom is 0.124 e. The van der Waals surface area contributed by atoms with E-state index in [1.54, 1.807) is 0 Å². The highest BCUT2D eigenvalue weighted by molar-refractivity contribution is 9.10. The molecule has 0 unspecified atom stereocenters. The van der Waals surface area contributed by atoms with Crippen LogP contribution in [0.2, 0.25) is 5.02 Å². The minimum atomic E-state index is 0.558. The summed E-state index contributed by atoms with van der Waals surface area (Å²) < 4.78 is 7.19. The number of benzene rings is 2. The van der Waals surface area contributed by atoms with Crippen molar-refractivity contribution < 1.29 is 4.74 Å². The Balaban J connectivity index is 1.67. The molecule has 1 aliphatic heterocycles. The monoisotopic (exact) mass is 407 g/mol. The molecule has 1 fully saturated rings. The fourth-order valence-corrected chi connectivity index (χ4v) is 3.55. The molecule has 0 radical (unpaired) electrons. The van der Waals surface area contributed by atoms with Gasteiger partial charge in [-0.15, -0.1) is 0 Å². The largest absolute Gasteiger partial charge is 0.489 e. The second-order valence-corrected chi connectivity index (χ2v) is 7.98. The molecule has 0 aromatic heterocycles. The number of likely N-dealkylation sites (tertiary alicyclic amines) is 1. The fourth-order valence-electron chi connectivity index (χ4n) is 3.02. The summed E-state index contributed by atoms with van der Waals surface area (Å²) in [6.07, 6.45) is 2.57. The quantitative estimate of drug-likeness (QED) is 0.609. The Morgan fingerprint density at radius 3 is 2.54 bits per heavy atom. The second-order valence-electron chi connectivity index (χ2n) is 6.63. The molecule has 0 spiro atoms. The molecule has 3 rings (SSSR count). The molecule has 0 bridgehead atoms. The Labute approximate surface area is 157 Å². The zero-order valence-electron chi connectivity index (χ0n) is 14.0. The zero-order valence-corrected chi connectivity index (χ0v) is 16.3. The molecular formula is C20H23BrClNO. The first-order valence-corrected chi connectivity index (χ1v) is 9.65. The van der Waals surface area contributed by atoms with Crippen molar-refractivity contribution in [1.29, 1.82) is 0 Å². The Kier molecular flexibility index (Phi) is 6.20. The van der Waals surface area contributed by atoms with E-state index in [9.17, 15) is 0 Å². The fraction of sp³-hybridized carbons (Fsp3) is 0.400. The third-order valence-electron chi connectivity index (χ3n) is 4.60. The summed E-state index contributed by atoms with van der Waals surface area (Å²) in [4.78, 5) is 2.52. The predicted octanol–water partition coefficient (Wildman–Crippen LogP) is 5.91. The van der Waals surface area contributed by atoms with E-state index in [-0.39, 0.29) is 0 Å². The number of hydrogen-bond donors (Lipinski definition) is 0. The van der Waals surface area contributed by atoms with Crippen molar-refractivity contribution >= 4 is 27.5 Å². The lowest BCUT2D eigenvalue weighted by atomic mass is 9.99. The van der Waals surface area contributed by atoms with Crippen molar-refractivity contribution in [3.63, 3.8) is 0 Å². The van der Waals surface area contributed by atoms with Crippen molar-refractivity contribution in [2.45, 2.75) is 32.9 Å². The molecule has 1 aliphatic rings. The van der Waals surface area contributed by atoms with Gasteiger partial charge in [0.2, 0.25) is 0 Å². The van der Waals surface area contributed by atoms with E-state index in [2.05, 4.69) is 39.9 Å². The van der Waals surface area contributed by atoms with Gasteiger partial charge in [-0.3, -0.25) is 4.90 Å². The maximum atomic E-state index is 6.09. The Morgan fingerprint density at radius 1 is 1.12 bits per heavy atom. The number of rotatable bonds is 5. The summed E-state index contributed by atoms with van der Waals surface area (Å²) in [6, 6.07) is 14.1. The summed E-state index contributed by atoms with van der Waals surface area (Å²) in [5.41, 5.74) is 2.37. The van der Waals surface area contributed by atoms with Gasteiger partial charge in [0.15, 0.2) is 0 Å². The van der Waals surface area contributed by atoms with E-state index in [0.29, 0.717) is 6.61 Å². The Hall–Kier alpha value is -1.03. The molecule has 0 aliphatic carbocycles. The highest BCUT2D eigenvalue weighted by Gasteiger charge is 2.17. The van der Waals surface area contributed by atoms with Crippen LogP contribution in [0.4, 0.5) is 0 Å². The minimum Gasteiger partial charge on any atom is -0.489 e. The van der Waals surface area contributed by atoms with Gasteiger partial charge in [-0.2, -0.15) is 0 Å². The normalized spacial score (nSPS) is 16.3. The molecule has 1 heterocycles. The van der Waals surface area contributed by atoms with Crippen molar-refractivity contribution in [3.05, 3.63) is 63.1 Å². The van der Waals surface area contributed by atoms with Gasteiger partial charge in [0, 0.05) is 21.6 Å². The van der Waals surface area contributed by atoms with Gasteiger partial charge < -0.3 is 4.74 Å². The third-order valence-corrected chi connectivity index (χ3v) is 5.35. The molecule has 24 heavy (non-hydrogen) atoms. The number of nitrogens with zero attached hydrogens (tertiary/aromatic N) is 1. The van der Waals surface area contributed by atoms with Crippen molar-refractivity contribution in [2.75, 3.05) is 13.1 Å². The highest BCUT2D eigenvalue weighted by atomic mass is 79.9. The van der Waals surface area contributed by atoms with Crippen LogP contribution in [0.15, 0.2) is 46.9 Å². The van der Waals surface area contributed by atoms with Crippen LogP contribution in [0.25, 0.3) is 0 Å². The van der Waals surface area contributed by atoms with Crippen LogP contribution >= 0.6 is 27.5 Å². The lowest BCUT2D eigenvalue weighted by molar-refractivity contribution is 0.182. The standard InChI is InChI=1S/C20H23BrClNO/c1-15-8-10-23(11-9-15)13-17-12-18(21)4-7-20(17)24-14-16-2-5-19(22)6-3-16/h2-7,12,15H,8-11,13-14H2,1H3. The Bertz CT molecular complexity index is 666. The van der Waals surface area contributed by atoms with E-state index < -0.39 is 0 Å². The van der Waals surface area contributed by atoms with Gasteiger partial charge >= 0.3 is 0 Å². The van der Waals surface area contributed by atoms with E-state index in [0.717, 1.165) is 33.3 Å². The first-order chi connectivity index (χ1) is 11.6. The predicted molar refractivity (Wildman–Crippen MR) is 104 cm³/mol. The number of ether oxygens (including phenoxy) is 1. The second kappa shape index (κ2) is 8.37. The molecule has 0 amide bonds. The van der Waals surface area contributed by atoms with Crippen LogP contribution < -0.4 is 4.74 Å². The van der Waals surface area contributed by atoms with Crippen LogP contribution in [0, 0.1) is 5.92 Å². The van der Waals surface area contributed by atoms with Crippen molar-refractivity contribution in [2.24, 2.45) is 5.92 Å². The lowest BCUT2D eigenvalue weighted by Crippen LogP contribution is -2.32. The molecule has 0 saturated carbocycles. The highest BCUT2D eigenvalue weighted by Crippen LogP contribution is 2.27. The van der Waals surface area contributed by atoms with E-state index >= 15 is 0 Å². The number of halogens is 2. The van der Waals surface area contributed by atoms with Gasteiger partial charge in [0.25, 0.3) is 0 Å². The number of hydrogen-bond acceptors (Lipinski definition) is 2. The molecule has 128 valence electrons. The van der Waals surface area contributed by atoms with Crippen molar-refractivity contribution in [3.8, 4) is 5.75 Å². The molecule has 2 aromatic carbocycles. The topological polar surface area (TPSA) is 12.5 Å². The lowest BCUT2D eigenvalue weighted by Gasteiger charge is -2.30. The van der Waals surface area contributed by atoms with Gasteiger partial charge in [-0.25, -0.2) is 0 Å². The minimum absolute atomic E-state index is 0.558. The molecule has 1 saturated heterocycles. The van der Waals surface area contributed by atoms with Crippen LogP contribution in [-0.2, 0) is 13.2 Å². The van der Waals surface area contributed by atoms with E-state index in [1.165, 1.54) is 31.5 Å². The molecular weight excluding hydrogens is 386 g/mol. The maximum absolute atomic E-state index is 6.09. The summed E-state index contributed by atoms with van der Waals surface area (Å²) in [5.74, 6) is 1.82. The van der Waals surface area contributed by atoms with Crippen LogP contribution in [-0.4, -0.2) is 18.0 Å². The average molecular weight is 409 g/mol. The molecule has 0 N–H and O–H groups in total. The first-order valence-electron chi connectivity index (χ1n) is 8.48. The third kappa shape index (κ3) is 4.98. The van der Waals surface area contributed by atoms with E-state index in [1.807, 2.05) is 30.3 Å². The average Bonchev–Trinajstić information content (AvgIpc) is 2.58.